The maximum Gasteiger partial charge on any atom is 0.234 e. The highest BCUT2D eigenvalue weighted by molar-refractivity contribution is 8.00. The summed E-state index contributed by atoms with van der Waals surface area (Å²) in [4.78, 5) is 27.1. The van der Waals surface area contributed by atoms with Crippen LogP contribution in [0.15, 0.2) is 42.5 Å². The quantitative estimate of drug-likeness (QED) is 0.595. The van der Waals surface area contributed by atoms with Gasteiger partial charge in [0.1, 0.15) is 0 Å². The van der Waals surface area contributed by atoms with Gasteiger partial charge < -0.3 is 10.2 Å². The van der Waals surface area contributed by atoms with Gasteiger partial charge in [-0.1, -0.05) is 55.8 Å². The van der Waals surface area contributed by atoms with E-state index in [4.69, 9.17) is 0 Å². The Morgan fingerprint density at radius 1 is 1.07 bits per heavy atom. The van der Waals surface area contributed by atoms with Crippen LogP contribution in [0.5, 0.6) is 0 Å². The lowest BCUT2D eigenvalue weighted by Gasteiger charge is -2.23. The Morgan fingerprint density at radius 2 is 1.77 bits per heavy atom. The monoisotopic (exact) mass is 424 g/mol. The van der Waals surface area contributed by atoms with Gasteiger partial charge in [-0.15, -0.1) is 11.8 Å². The summed E-state index contributed by atoms with van der Waals surface area (Å²) < 4.78 is 0. The van der Waals surface area contributed by atoms with Gasteiger partial charge in [0.05, 0.1) is 11.5 Å². The van der Waals surface area contributed by atoms with Crippen molar-refractivity contribution in [3.8, 4) is 0 Å². The second-order valence-electron chi connectivity index (χ2n) is 8.51. The van der Waals surface area contributed by atoms with Crippen LogP contribution in [0.4, 0.5) is 5.69 Å². The average Bonchev–Trinajstić information content (AvgIpc) is 3.53. The lowest BCUT2D eigenvalue weighted by molar-refractivity contribution is -0.129. The van der Waals surface area contributed by atoms with Gasteiger partial charge in [-0.3, -0.25) is 9.59 Å². The topological polar surface area (TPSA) is 49.4 Å². The summed E-state index contributed by atoms with van der Waals surface area (Å²) in [5, 5.41) is 2.94. The summed E-state index contributed by atoms with van der Waals surface area (Å²) in [7, 11) is 0. The first-order chi connectivity index (χ1) is 14.3. The Labute approximate surface area is 184 Å². The number of thioether (sulfide) groups is 1. The molecule has 2 amide bonds. The molecule has 3 rings (SSSR count). The number of hydrogen-bond donors (Lipinski definition) is 1. The number of aryl methyl sites for hydroxylation is 2. The molecule has 2 aromatic rings. The van der Waals surface area contributed by atoms with Crippen LogP contribution in [-0.2, 0) is 16.1 Å². The molecule has 0 atom stereocenters. The largest absolute Gasteiger partial charge is 0.335 e. The number of rotatable bonds is 9. The zero-order valence-electron chi connectivity index (χ0n) is 18.4. The molecule has 0 unspecified atom stereocenters. The van der Waals surface area contributed by atoms with E-state index in [0.717, 1.165) is 29.7 Å². The van der Waals surface area contributed by atoms with E-state index in [0.29, 0.717) is 24.3 Å². The molecule has 1 aliphatic carbocycles. The molecule has 4 nitrogen and oxygen atoms in total. The summed E-state index contributed by atoms with van der Waals surface area (Å²) in [6, 6.07) is 14.9. The summed E-state index contributed by atoms with van der Waals surface area (Å²) in [5.41, 5.74) is 5.53. The summed E-state index contributed by atoms with van der Waals surface area (Å²) in [6.07, 6.45) is 2.15. The van der Waals surface area contributed by atoms with Crippen LogP contribution in [-0.4, -0.2) is 34.3 Å². The minimum atomic E-state index is -0.0676. The SMILES string of the molecule is Cc1ccc(NC(=O)CSCC(=O)N(Cc2ccc(C(C)C)cc2)C2CC2)c(C)c1. The van der Waals surface area contributed by atoms with Gasteiger partial charge in [-0.05, 0) is 55.4 Å². The molecule has 30 heavy (non-hydrogen) atoms. The van der Waals surface area contributed by atoms with Crippen LogP contribution in [0.1, 0.15) is 54.9 Å². The van der Waals surface area contributed by atoms with Gasteiger partial charge in [-0.25, -0.2) is 0 Å². The number of anilines is 1. The molecule has 5 heteroatoms. The zero-order valence-corrected chi connectivity index (χ0v) is 19.2. The number of hydrogen-bond acceptors (Lipinski definition) is 3. The molecule has 0 aromatic heterocycles. The van der Waals surface area contributed by atoms with E-state index < -0.39 is 0 Å². The van der Waals surface area contributed by atoms with Crippen molar-refractivity contribution >= 4 is 29.3 Å². The van der Waals surface area contributed by atoms with Gasteiger partial charge in [-0.2, -0.15) is 0 Å². The minimum absolute atomic E-state index is 0.0676. The lowest BCUT2D eigenvalue weighted by Crippen LogP contribution is -2.34. The second kappa shape index (κ2) is 10.2. The Morgan fingerprint density at radius 3 is 2.37 bits per heavy atom. The van der Waals surface area contributed by atoms with E-state index in [1.165, 1.54) is 22.9 Å². The second-order valence-corrected chi connectivity index (χ2v) is 9.49. The molecular formula is C25H32N2O2S. The van der Waals surface area contributed by atoms with Gasteiger partial charge >= 0.3 is 0 Å². The third kappa shape index (κ3) is 6.36. The number of carbonyl (C=O) groups is 2. The molecule has 0 bridgehead atoms. The Bertz CT molecular complexity index is 889. The van der Waals surface area contributed by atoms with E-state index in [-0.39, 0.29) is 17.6 Å². The standard InChI is InChI=1S/C25H32N2O2S/c1-17(2)21-8-6-20(7-9-21)14-27(22-10-11-22)25(29)16-30-15-24(28)26-23-12-5-18(3)13-19(23)4/h5-9,12-13,17,22H,10-11,14-16H2,1-4H3,(H,26,28). The fraction of sp³-hybridized carbons (Fsp3) is 0.440. The van der Waals surface area contributed by atoms with Crippen molar-refractivity contribution in [2.75, 3.05) is 16.8 Å². The van der Waals surface area contributed by atoms with Crippen molar-refractivity contribution < 1.29 is 9.59 Å². The predicted octanol–water partition coefficient (Wildman–Crippen LogP) is 5.29. The molecule has 160 valence electrons. The van der Waals surface area contributed by atoms with E-state index >= 15 is 0 Å². The third-order valence-electron chi connectivity index (χ3n) is 5.42. The molecule has 0 spiro atoms. The van der Waals surface area contributed by atoms with Crippen LogP contribution in [0, 0.1) is 13.8 Å². The first-order valence-corrected chi connectivity index (χ1v) is 11.8. The molecule has 1 saturated carbocycles. The van der Waals surface area contributed by atoms with E-state index in [1.54, 1.807) is 0 Å². The molecule has 0 heterocycles. The van der Waals surface area contributed by atoms with Crippen molar-refractivity contribution in [1.29, 1.82) is 0 Å². The molecule has 1 aliphatic rings. The highest BCUT2D eigenvalue weighted by atomic mass is 32.2. The highest BCUT2D eigenvalue weighted by Crippen LogP contribution is 2.29. The van der Waals surface area contributed by atoms with Crippen LogP contribution in [0.3, 0.4) is 0 Å². The Kier molecular flexibility index (Phi) is 7.59. The Hall–Kier alpha value is -2.27. The van der Waals surface area contributed by atoms with E-state index in [2.05, 4.69) is 43.4 Å². The van der Waals surface area contributed by atoms with Crippen LogP contribution in [0.2, 0.25) is 0 Å². The van der Waals surface area contributed by atoms with Crippen LogP contribution < -0.4 is 5.32 Å². The zero-order chi connectivity index (χ0) is 21.7. The molecule has 0 aliphatic heterocycles. The van der Waals surface area contributed by atoms with Crippen LogP contribution in [0.25, 0.3) is 0 Å². The molecule has 1 N–H and O–H groups in total. The van der Waals surface area contributed by atoms with Crippen LogP contribution >= 0.6 is 11.8 Å². The first kappa shape index (κ1) is 22.4. The predicted molar refractivity (Wildman–Crippen MR) is 126 cm³/mol. The fourth-order valence-corrected chi connectivity index (χ4v) is 4.17. The highest BCUT2D eigenvalue weighted by Gasteiger charge is 2.32. The van der Waals surface area contributed by atoms with Gasteiger partial charge in [0, 0.05) is 18.3 Å². The molecule has 1 fully saturated rings. The number of amides is 2. The third-order valence-corrected chi connectivity index (χ3v) is 6.34. The smallest absolute Gasteiger partial charge is 0.234 e. The number of carbonyl (C=O) groups excluding carboxylic acids is 2. The average molecular weight is 425 g/mol. The maximum atomic E-state index is 12.8. The van der Waals surface area contributed by atoms with Crippen molar-refractivity contribution in [3.63, 3.8) is 0 Å². The summed E-state index contributed by atoms with van der Waals surface area (Å²) >= 11 is 1.38. The maximum absolute atomic E-state index is 12.8. The first-order valence-electron chi connectivity index (χ1n) is 10.7. The van der Waals surface area contributed by atoms with Crippen molar-refractivity contribution in [3.05, 3.63) is 64.7 Å². The van der Waals surface area contributed by atoms with Gasteiger partial charge in [0.15, 0.2) is 0 Å². The van der Waals surface area contributed by atoms with E-state index in [1.807, 2.05) is 36.9 Å². The Balaban J connectivity index is 1.48. The number of nitrogens with zero attached hydrogens (tertiary/aromatic N) is 1. The lowest BCUT2D eigenvalue weighted by atomic mass is 10.0. The van der Waals surface area contributed by atoms with Gasteiger partial charge in [0.25, 0.3) is 0 Å². The summed E-state index contributed by atoms with van der Waals surface area (Å²) in [5.74, 6) is 1.17. The normalized spacial score (nSPS) is 13.4. The fourth-order valence-electron chi connectivity index (χ4n) is 3.47. The van der Waals surface area contributed by atoms with Crippen molar-refractivity contribution in [2.24, 2.45) is 0 Å². The minimum Gasteiger partial charge on any atom is -0.335 e. The molecule has 2 aromatic carbocycles. The summed E-state index contributed by atoms with van der Waals surface area (Å²) in [6.45, 7) is 9.03. The molecule has 0 radical (unpaired) electrons. The molecular weight excluding hydrogens is 392 g/mol. The van der Waals surface area contributed by atoms with Crippen molar-refractivity contribution in [2.45, 2.75) is 59.0 Å². The van der Waals surface area contributed by atoms with Crippen molar-refractivity contribution in [1.82, 2.24) is 4.90 Å². The number of nitrogens with one attached hydrogen (secondary N) is 1. The van der Waals surface area contributed by atoms with E-state index in [9.17, 15) is 9.59 Å². The van der Waals surface area contributed by atoms with Gasteiger partial charge in [0.2, 0.25) is 11.8 Å². The molecule has 0 saturated heterocycles. The number of benzene rings is 2.